The van der Waals surface area contributed by atoms with Gasteiger partial charge in [-0.05, 0) is 48.7 Å². The van der Waals surface area contributed by atoms with Gasteiger partial charge in [0.2, 0.25) is 5.91 Å². The van der Waals surface area contributed by atoms with Crippen molar-refractivity contribution in [2.24, 2.45) is 11.7 Å². The molecule has 1 saturated heterocycles. The molecule has 0 bridgehead atoms. The van der Waals surface area contributed by atoms with E-state index in [1.165, 1.54) is 10.8 Å². The number of hydrogen-bond donors (Lipinski definition) is 1. The highest BCUT2D eigenvalue weighted by molar-refractivity contribution is 8.00. The predicted molar refractivity (Wildman–Crippen MR) is 93.0 cm³/mol. The van der Waals surface area contributed by atoms with E-state index >= 15 is 0 Å². The lowest BCUT2D eigenvalue weighted by molar-refractivity contribution is -0.128. The van der Waals surface area contributed by atoms with Gasteiger partial charge < -0.3 is 10.6 Å². The summed E-state index contributed by atoms with van der Waals surface area (Å²) < 4.78 is 0. The summed E-state index contributed by atoms with van der Waals surface area (Å²) in [6.45, 7) is 3.61. The highest BCUT2D eigenvalue weighted by Crippen LogP contribution is 2.26. The third-order valence-electron chi connectivity index (χ3n) is 4.40. The summed E-state index contributed by atoms with van der Waals surface area (Å²) in [5, 5.41) is 2.45. The molecule has 2 atom stereocenters. The van der Waals surface area contributed by atoms with Crippen LogP contribution in [-0.4, -0.2) is 35.7 Å². The van der Waals surface area contributed by atoms with Gasteiger partial charge in [0.15, 0.2) is 0 Å². The summed E-state index contributed by atoms with van der Waals surface area (Å²) in [4.78, 5) is 15.6. The van der Waals surface area contributed by atoms with Gasteiger partial charge in [0.1, 0.15) is 0 Å². The second kappa shape index (κ2) is 6.71. The first-order chi connectivity index (χ1) is 10.7. The Morgan fingerprint density at radius 1 is 1.27 bits per heavy atom. The molecule has 2 aromatic rings. The minimum Gasteiger partial charge on any atom is -0.339 e. The molecule has 1 heterocycles. The lowest BCUT2D eigenvalue weighted by atomic mass is 10.1. The number of fused-ring (bicyclic) bond motifs is 1. The van der Waals surface area contributed by atoms with Crippen molar-refractivity contribution in [3.05, 3.63) is 42.5 Å². The van der Waals surface area contributed by atoms with Crippen LogP contribution in [0.15, 0.2) is 47.4 Å². The molecule has 2 N–H and O–H groups in total. The molecule has 2 unspecified atom stereocenters. The van der Waals surface area contributed by atoms with Gasteiger partial charge in [-0.1, -0.05) is 30.3 Å². The molecular formula is C18H22N2OS. The van der Waals surface area contributed by atoms with Gasteiger partial charge in [-0.15, -0.1) is 11.8 Å². The second-order valence-corrected chi connectivity index (χ2v) is 7.08. The fraction of sp³-hybridized carbons (Fsp3) is 0.389. The van der Waals surface area contributed by atoms with Crippen LogP contribution in [0.3, 0.4) is 0 Å². The van der Waals surface area contributed by atoms with E-state index in [4.69, 9.17) is 5.73 Å². The molecule has 2 aromatic carbocycles. The number of benzene rings is 2. The van der Waals surface area contributed by atoms with Gasteiger partial charge in [0, 0.05) is 17.5 Å². The highest BCUT2D eigenvalue weighted by Gasteiger charge is 2.31. The molecule has 0 aromatic heterocycles. The maximum absolute atomic E-state index is 12.4. The first-order valence-electron chi connectivity index (χ1n) is 7.78. The van der Waals surface area contributed by atoms with E-state index in [9.17, 15) is 4.79 Å². The van der Waals surface area contributed by atoms with E-state index < -0.39 is 0 Å². The van der Waals surface area contributed by atoms with Crippen LogP contribution in [0, 0.1) is 5.92 Å². The Morgan fingerprint density at radius 2 is 2.05 bits per heavy atom. The fourth-order valence-electron chi connectivity index (χ4n) is 3.15. The third-order valence-corrected chi connectivity index (χ3v) is 5.38. The second-order valence-electron chi connectivity index (χ2n) is 6.03. The zero-order valence-electron chi connectivity index (χ0n) is 12.9. The summed E-state index contributed by atoms with van der Waals surface area (Å²) >= 11 is 1.62. The van der Waals surface area contributed by atoms with Crippen molar-refractivity contribution in [2.75, 3.05) is 18.8 Å². The number of likely N-dealkylation sites (tertiary alicyclic amines) is 1. The van der Waals surface area contributed by atoms with Crippen molar-refractivity contribution in [3.63, 3.8) is 0 Å². The Kier molecular flexibility index (Phi) is 4.69. The first-order valence-corrected chi connectivity index (χ1v) is 8.77. The summed E-state index contributed by atoms with van der Waals surface area (Å²) in [6, 6.07) is 15.0. The molecule has 1 amide bonds. The molecule has 1 aliphatic heterocycles. The number of carbonyl (C=O) groups is 1. The molecule has 0 saturated carbocycles. The van der Waals surface area contributed by atoms with E-state index in [0.717, 1.165) is 17.9 Å². The van der Waals surface area contributed by atoms with E-state index in [2.05, 4.69) is 37.3 Å². The van der Waals surface area contributed by atoms with E-state index in [1.807, 2.05) is 17.0 Å². The number of amides is 1. The fourth-order valence-corrected chi connectivity index (χ4v) is 3.98. The normalized spacial score (nSPS) is 21.5. The van der Waals surface area contributed by atoms with Crippen LogP contribution in [0.2, 0.25) is 0 Å². The van der Waals surface area contributed by atoms with Crippen molar-refractivity contribution >= 4 is 28.4 Å². The van der Waals surface area contributed by atoms with Crippen molar-refractivity contribution in [3.8, 4) is 0 Å². The molecular weight excluding hydrogens is 292 g/mol. The molecule has 0 spiro atoms. The van der Waals surface area contributed by atoms with E-state index in [1.54, 1.807) is 11.8 Å². The largest absolute Gasteiger partial charge is 0.339 e. The SMILES string of the molecule is CC1CC(CN)CN1C(=O)CSc1ccc2ccccc2c1. The monoisotopic (exact) mass is 314 g/mol. The van der Waals surface area contributed by atoms with Crippen LogP contribution in [0.1, 0.15) is 13.3 Å². The average Bonchev–Trinajstić information content (AvgIpc) is 2.93. The summed E-state index contributed by atoms with van der Waals surface area (Å²) in [5.41, 5.74) is 5.73. The summed E-state index contributed by atoms with van der Waals surface area (Å²) in [7, 11) is 0. The van der Waals surface area contributed by atoms with Gasteiger partial charge in [-0.3, -0.25) is 4.79 Å². The average molecular weight is 314 g/mol. The van der Waals surface area contributed by atoms with Crippen LogP contribution < -0.4 is 5.73 Å². The zero-order chi connectivity index (χ0) is 15.5. The molecule has 0 aliphatic carbocycles. The van der Waals surface area contributed by atoms with Gasteiger partial charge in [-0.25, -0.2) is 0 Å². The van der Waals surface area contributed by atoms with Gasteiger partial charge in [-0.2, -0.15) is 0 Å². The molecule has 22 heavy (non-hydrogen) atoms. The van der Waals surface area contributed by atoms with Crippen molar-refractivity contribution in [1.29, 1.82) is 0 Å². The number of carbonyl (C=O) groups excluding carboxylic acids is 1. The Hall–Kier alpha value is -1.52. The minimum atomic E-state index is 0.224. The molecule has 4 heteroatoms. The molecule has 3 nitrogen and oxygen atoms in total. The summed E-state index contributed by atoms with van der Waals surface area (Å²) in [6.07, 6.45) is 1.03. The van der Waals surface area contributed by atoms with Crippen molar-refractivity contribution in [1.82, 2.24) is 4.90 Å². The first kappa shape index (κ1) is 15.4. The zero-order valence-corrected chi connectivity index (χ0v) is 13.7. The molecule has 3 rings (SSSR count). The number of nitrogens with two attached hydrogens (primary N) is 1. The predicted octanol–water partition coefficient (Wildman–Crippen LogP) is 3.13. The quantitative estimate of drug-likeness (QED) is 0.882. The molecule has 116 valence electrons. The maximum Gasteiger partial charge on any atom is 0.233 e. The Morgan fingerprint density at radius 3 is 2.77 bits per heavy atom. The molecule has 0 radical (unpaired) electrons. The van der Waals surface area contributed by atoms with Crippen LogP contribution >= 0.6 is 11.8 Å². The Bertz CT molecular complexity index is 673. The molecule has 1 fully saturated rings. The minimum absolute atomic E-state index is 0.224. The van der Waals surface area contributed by atoms with Gasteiger partial charge >= 0.3 is 0 Å². The topological polar surface area (TPSA) is 46.3 Å². The molecule has 1 aliphatic rings. The smallest absolute Gasteiger partial charge is 0.233 e. The van der Waals surface area contributed by atoms with E-state index in [-0.39, 0.29) is 5.91 Å². The van der Waals surface area contributed by atoms with Crippen LogP contribution in [0.25, 0.3) is 10.8 Å². The third kappa shape index (κ3) is 3.28. The van der Waals surface area contributed by atoms with Crippen LogP contribution in [0.4, 0.5) is 0 Å². The number of nitrogens with zero attached hydrogens (tertiary/aromatic N) is 1. The van der Waals surface area contributed by atoms with Crippen LogP contribution in [0.5, 0.6) is 0 Å². The number of thioether (sulfide) groups is 1. The van der Waals surface area contributed by atoms with Crippen molar-refractivity contribution < 1.29 is 4.79 Å². The summed E-state index contributed by atoms with van der Waals surface area (Å²) in [5.74, 6) is 1.19. The Balaban J connectivity index is 1.62. The van der Waals surface area contributed by atoms with Gasteiger partial charge in [0.25, 0.3) is 0 Å². The van der Waals surface area contributed by atoms with Crippen molar-refractivity contribution in [2.45, 2.75) is 24.3 Å². The maximum atomic E-state index is 12.4. The van der Waals surface area contributed by atoms with Gasteiger partial charge in [0.05, 0.1) is 5.75 Å². The highest BCUT2D eigenvalue weighted by atomic mass is 32.2. The lowest BCUT2D eigenvalue weighted by Crippen LogP contribution is -2.35. The van der Waals surface area contributed by atoms with E-state index in [0.29, 0.717) is 24.3 Å². The lowest BCUT2D eigenvalue weighted by Gasteiger charge is -2.21. The van der Waals surface area contributed by atoms with Crippen LogP contribution in [-0.2, 0) is 4.79 Å². The standard InChI is InChI=1S/C18H22N2OS/c1-13-8-14(10-19)11-20(13)18(21)12-22-17-7-6-15-4-2-3-5-16(15)9-17/h2-7,9,13-14H,8,10-12,19H2,1H3. The Labute approximate surface area is 135 Å². The number of rotatable bonds is 4. The number of hydrogen-bond acceptors (Lipinski definition) is 3.